The first-order valence-corrected chi connectivity index (χ1v) is 7.76. The molecule has 0 saturated carbocycles. The number of hydrogen-bond donors (Lipinski definition) is 1. The summed E-state index contributed by atoms with van der Waals surface area (Å²) in [5.41, 5.74) is -0.249. The first kappa shape index (κ1) is 16.6. The highest BCUT2D eigenvalue weighted by atomic mass is 16.5. The van der Waals surface area contributed by atoms with E-state index in [9.17, 15) is 9.59 Å². The van der Waals surface area contributed by atoms with Crippen LogP contribution in [0.15, 0.2) is 63.8 Å². The van der Waals surface area contributed by atoms with Crippen molar-refractivity contribution in [3.8, 4) is 11.5 Å². The Morgan fingerprint density at radius 3 is 2.60 bits per heavy atom. The molecule has 0 aliphatic rings. The number of hydrogen-bond acceptors (Lipinski definition) is 5. The molecular weight excluding hydrogens is 322 g/mol. The highest BCUT2D eigenvalue weighted by Crippen LogP contribution is 2.25. The Balaban J connectivity index is 1.61. The topological polar surface area (TPSA) is 77.8 Å². The van der Waals surface area contributed by atoms with Crippen molar-refractivity contribution in [2.45, 2.75) is 0 Å². The van der Waals surface area contributed by atoms with E-state index in [1.54, 1.807) is 37.4 Å². The zero-order valence-corrected chi connectivity index (χ0v) is 13.7. The van der Waals surface area contributed by atoms with Crippen LogP contribution in [-0.4, -0.2) is 26.2 Å². The Hall–Kier alpha value is -3.28. The van der Waals surface area contributed by atoms with Crippen LogP contribution < -0.4 is 20.4 Å². The molecule has 128 valence electrons. The number of fused-ring (bicyclic) bond motifs is 1. The van der Waals surface area contributed by atoms with E-state index < -0.39 is 11.5 Å². The fraction of sp³-hybridized carbons (Fsp3) is 0.158. The van der Waals surface area contributed by atoms with Gasteiger partial charge >= 0.3 is 5.63 Å². The van der Waals surface area contributed by atoms with Crippen LogP contribution in [0.25, 0.3) is 11.0 Å². The molecule has 3 aromatic rings. The lowest BCUT2D eigenvalue weighted by Crippen LogP contribution is -2.31. The highest BCUT2D eigenvalue weighted by molar-refractivity contribution is 5.96. The summed E-state index contributed by atoms with van der Waals surface area (Å²) < 4.78 is 15.9. The Bertz CT molecular complexity index is 948. The van der Waals surface area contributed by atoms with Crippen LogP contribution >= 0.6 is 0 Å². The molecule has 0 atom stereocenters. The number of rotatable bonds is 6. The Morgan fingerprint density at radius 1 is 1.08 bits per heavy atom. The third-order valence-corrected chi connectivity index (χ3v) is 3.60. The summed E-state index contributed by atoms with van der Waals surface area (Å²) in [5, 5.41) is 3.34. The number of amides is 1. The van der Waals surface area contributed by atoms with Gasteiger partial charge in [0.25, 0.3) is 5.91 Å². The van der Waals surface area contributed by atoms with Crippen molar-refractivity contribution in [1.29, 1.82) is 0 Å². The predicted molar refractivity (Wildman–Crippen MR) is 93.3 cm³/mol. The molecule has 0 radical (unpaired) electrons. The first-order chi connectivity index (χ1) is 12.2. The van der Waals surface area contributed by atoms with E-state index in [4.69, 9.17) is 13.9 Å². The molecule has 1 amide bonds. The summed E-state index contributed by atoms with van der Waals surface area (Å²) in [4.78, 5) is 24.1. The first-order valence-electron chi connectivity index (χ1n) is 7.76. The van der Waals surface area contributed by atoms with E-state index >= 15 is 0 Å². The minimum Gasteiger partial charge on any atom is -0.493 e. The molecule has 1 aromatic heterocycles. The van der Waals surface area contributed by atoms with Gasteiger partial charge in [-0.15, -0.1) is 0 Å². The van der Waals surface area contributed by atoms with Gasteiger partial charge in [-0.2, -0.15) is 0 Å². The maximum atomic E-state index is 12.2. The molecule has 0 fully saturated rings. The molecule has 6 heteroatoms. The number of nitrogens with one attached hydrogen (secondary N) is 1. The standard InChI is InChI=1S/C19H17NO5/c1-23-16-8-4-5-9-17(16)24-11-10-20-18(21)14-12-13-6-2-3-7-15(13)25-19(14)22/h2-9,12H,10-11H2,1H3,(H,20,21). The summed E-state index contributed by atoms with van der Waals surface area (Å²) in [5.74, 6) is 0.705. The van der Waals surface area contributed by atoms with Gasteiger partial charge in [0.05, 0.1) is 13.7 Å². The van der Waals surface area contributed by atoms with Crippen LogP contribution in [0.5, 0.6) is 11.5 Å². The average Bonchev–Trinajstić information content (AvgIpc) is 2.64. The number of ether oxygens (including phenoxy) is 2. The largest absolute Gasteiger partial charge is 0.493 e. The van der Waals surface area contributed by atoms with Crippen molar-refractivity contribution in [2.24, 2.45) is 0 Å². The smallest absolute Gasteiger partial charge is 0.349 e. The fourth-order valence-electron chi connectivity index (χ4n) is 2.38. The normalized spacial score (nSPS) is 10.4. The Labute approximate surface area is 144 Å². The van der Waals surface area contributed by atoms with Gasteiger partial charge in [-0.05, 0) is 24.3 Å². The van der Waals surface area contributed by atoms with Crippen molar-refractivity contribution in [2.75, 3.05) is 20.3 Å². The van der Waals surface area contributed by atoms with Gasteiger partial charge in [0.15, 0.2) is 11.5 Å². The minimum atomic E-state index is -0.665. The second-order valence-electron chi connectivity index (χ2n) is 5.24. The van der Waals surface area contributed by atoms with Crippen molar-refractivity contribution in [3.63, 3.8) is 0 Å². The van der Waals surface area contributed by atoms with Crippen molar-refractivity contribution in [3.05, 3.63) is 70.6 Å². The molecule has 6 nitrogen and oxygen atoms in total. The molecule has 0 aliphatic carbocycles. The minimum absolute atomic E-state index is 0.0315. The van der Waals surface area contributed by atoms with Crippen LogP contribution in [0.3, 0.4) is 0 Å². The lowest BCUT2D eigenvalue weighted by atomic mass is 10.2. The summed E-state index contributed by atoms with van der Waals surface area (Å²) >= 11 is 0. The van der Waals surface area contributed by atoms with Crippen molar-refractivity contribution >= 4 is 16.9 Å². The predicted octanol–water partition coefficient (Wildman–Crippen LogP) is 2.61. The number of carbonyl (C=O) groups is 1. The van der Waals surface area contributed by atoms with E-state index in [-0.39, 0.29) is 18.7 Å². The molecule has 0 aliphatic heterocycles. The van der Waals surface area contributed by atoms with E-state index in [1.165, 1.54) is 6.07 Å². The number of methoxy groups -OCH3 is 1. The van der Waals surface area contributed by atoms with Gasteiger partial charge in [-0.1, -0.05) is 30.3 Å². The van der Waals surface area contributed by atoms with Crippen molar-refractivity contribution in [1.82, 2.24) is 5.32 Å². The van der Waals surface area contributed by atoms with Crippen LogP contribution in [-0.2, 0) is 0 Å². The van der Waals surface area contributed by atoms with Gasteiger partial charge in [-0.25, -0.2) is 4.79 Å². The number of carbonyl (C=O) groups excluding carboxylic acids is 1. The van der Waals surface area contributed by atoms with E-state index in [0.29, 0.717) is 22.5 Å². The molecular formula is C19H17NO5. The van der Waals surface area contributed by atoms with Gasteiger partial charge in [0.1, 0.15) is 17.8 Å². The molecule has 0 saturated heterocycles. The molecule has 0 spiro atoms. The summed E-state index contributed by atoms with van der Waals surface area (Å²) in [6, 6.07) is 15.8. The van der Waals surface area contributed by atoms with Gasteiger partial charge in [0, 0.05) is 5.39 Å². The quantitative estimate of drug-likeness (QED) is 0.552. The number of para-hydroxylation sites is 3. The summed E-state index contributed by atoms with van der Waals surface area (Å²) in [6.07, 6.45) is 0. The fourth-order valence-corrected chi connectivity index (χ4v) is 2.38. The Kier molecular flexibility index (Phi) is 4.99. The van der Waals surface area contributed by atoms with Crippen LogP contribution in [0.4, 0.5) is 0 Å². The lowest BCUT2D eigenvalue weighted by molar-refractivity contribution is 0.0943. The maximum absolute atomic E-state index is 12.2. The average molecular weight is 339 g/mol. The van der Waals surface area contributed by atoms with Gasteiger partial charge in [-0.3, -0.25) is 4.79 Å². The lowest BCUT2D eigenvalue weighted by Gasteiger charge is -2.10. The highest BCUT2D eigenvalue weighted by Gasteiger charge is 2.13. The molecule has 1 N–H and O–H groups in total. The second-order valence-corrected chi connectivity index (χ2v) is 5.24. The molecule has 0 bridgehead atoms. The van der Waals surface area contributed by atoms with Gasteiger partial charge in [0.2, 0.25) is 0 Å². The van der Waals surface area contributed by atoms with Crippen molar-refractivity contribution < 1.29 is 18.7 Å². The monoisotopic (exact) mass is 339 g/mol. The number of benzene rings is 2. The zero-order valence-electron chi connectivity index (χ0n) is 13.7. The van der Waals surface area contributed by atoms with E-state index in [2.05, 4.69) is 5.32 Å². The second kappa shape index (κ2) is 7.53. The summed E-state index contributed by atoms with van der Waals surface area (Å²) in [6.45, 7) is 0.480. The molecule has 25 heavy (non-hydrogen) atoms. The van der Waals surface area contributed by atoms with E-state index in [0.717, 1.165) is 0 Å². The summed E-state index contributed by atoms with van der Waals surface area (Å²) in [7, 11) is 1.56. The third-order valence-electron chi connectivity index (χ3n) is 3.60. The van der Waals surface area contributed by atoms with Gasteiger partial charge < -0.3 is 19.2 Å². The maximum Gasteiger partial charge on any atom is 0.349 e. The van der Waals surface area contributed by atoms with Crippen LogP contribution in [0.2, 0.25) is 0 Å². The van der Waals surface area contributed by atoms with Crippen LogP contribution in [0.1, 0.15) is 10.4 Å². The van der Waals surface area contributed by atoms with E-state index in [1.807, 2.05) is 18.2 Å². The molecule has 0 unspecified atom stereocenters. The molecule has 3 rings (SSSR count). The van der Waals surface area contributed by atoms with Crippen LogP contribution in [0, 0.1) is 0 Å². The molecule has 2 aromatic carbocycles. The zero-order chi connectivity index (χ0) is 17.6. The Morgan fingerprint density at radius 2 is 1.80 bits per heavy atom. The SMILES string of the molecule is COc1ccccc1OCCNC(=O)c1cc2ccccc2oc1=O. The third kappa shape index (κ3) is 3.80. The molecule has 1 heterocycles.